The maximum absolute atomic E-state index is 6.93. The average molecular weight is 196 g/mol. The van der Waals surface area contributed by atoms with Gasteiger partial charge >= 0.3 is 5.82 Å². The van der Waals surface area contributed by atoms with Gasteiger partial charge in [0.25, 0.3) is 0 Å². The molecule has 0 N–H and O–H groups in total. The lowest BCUT2D eigenvalue weighted by atomic mass is 10.3. The van der Waals surface area contributed by atoms with Crippen molar-refractivity contribution in [2.45, 2.75) is 0 Å². The van der Waals surface area contributed by atoms with Crippen LogP contribution in [0.5, 0.6) is 11.5 Å². The summed E-state index contributed by atoms with van der Waals surface area (Å²) >= 11 is 0. The second-order valence-corrected chi connectivity index (χ2v) is 2.85. The zero-order valence-electron chi connectivity index (χ0n) is 7.92. The fourth-order valence-corrected chi connectivity index (χ4v) is 1.16. The van der Waals surface area contributed by atoms with Gasteiger partial charge in [0, 0.05) is 0 Å². The van der Waals surface area contributed by atoms with Crippen LogP contribution < -0.4 is 4.74 Å². The van der Waals surface area contributed by atoms with Crippen molar-refractivity contribution >= 4 is 5.82 Å². The van der Waals surface area contributed by atoms with E-state index in [2.05, 4.69) is 9.83 Å². The van der Waals surface area contributed by atoms with Crippen LogP contribution in [0.15, 0.2) is 48.7 Å². The zero-order chi connectivity index (χ0) is 10.5. The molecule has 3 heteroatoms. The van der Waals surface area contributed by atoms with E-state index in [0.29, 0.717) is 11.5 Å². The predicted molar refractivity (Wildman–Crippen MR) is 57.0 cm³/mol. The van der Waals surface area contributed by atoms with Crippen LogP contribution in [-0.4, -0.2) is 4.98 Å². The van der Waals surface area contributed by atoms with Gasteiger partial charge in [-0.05, 0) is 24.3 Å². The SMILES string of the molecule is [C-]#[N+]c1ncccc1Oc1ccccc1. The maximum Gasteiger partial charge on any atom is 0.312 e. The highest BCUT2D eigenvalue weighted by molar-refractivity contribution is 5.51. The van der Waals surface area contributed by atoms with Crippen molar-refractivity contribution in [2.24, 2.45) is 0 Å². The molecule has 2 aromatic rings. The molecule has 0 aliphatic heterocycles. The van der Waals surface area contributed by atoms with Crippen molar-refractivity contribution in [1.82, 2.24) is 4.98 Å². The summed E-state index contributed by atoms with van der Waals surface area (Å²) in [6.07, 6.45) is 1.57. The van der Waals surface area contributed by atoms with Crippen LogP contribution in [0.25, 0.3) is 4.85 Å². The predicted octanol–water partition coefficient (Wildman–Crippen LogP) is 3.42. The summed E-state index contributed by atoms with van der Waals surface area (Å²) in [5.41, 5.74) is 0. The second kappa shape index (κ2) is 4.25. The molecule has 0 atom stereocenters. The summed E-state index contributed by atoms with van der Waals surface area (Å²) in [6, 6.07) is 12.8. The minimum absolute atomic E-state index is 0.279. The largest absolute Gasteiger partial charge is 0.467 e. The third-order valence-electron chi connectivity index (χ3n) is 1.83. The van der Waals surface area contributed by atoms with Crippen LogP contribution in [0.3, 0.4) is 0 Å². The molecule has 0 aliphatic carbocycles. The van der Waals surface area contributed by atoms with E-state index >= 15 is 0 Å². The second-order valence-electron chi connectivity index (χ2n) is 2.85. The Balaban J connectivity index is 2.29. The van der Waals surface area contributed by atoms with E-state index in [9.17, 15) is 0 Å². The van der Waals surface area contributed by atoms with Gasteiger partial charge in [-0.25, -0.2) is 0 Å². The van der Waals surface area contributed by atoms with Crippen LogP contribution in [-0.2, 0) is 0 Å². The lowest BCUT2D eigenvalue weighted by Gasteiger charge is -2.05. The van der Waals surface area contributed by atoms with Crippen molar-refractivity contribution in [3.63, 3.8) is 0 Å². The molecule has 0 aliphatic rings. The fraction of sp³-hybridized carbons (Fsp3) is 0. The maximum atomic E-state index is 6.93. The molecule has 1 heterocycles. The first-order chi connectivity index (χ1) is 7.40. The van der Waals surface area contributed by atoms with Gasteiger partial charge in [-0.15, -0.1) is 4.98 Å². The molecular weight excluding hydrogens is 188 g/mol. The van der Waals surface area contributed by atoms with Crippen molar-refractivity contribution < 1.29 is 4.74 Å². The Kier molecular flexibility index (Phi) is 2.61. The third kappa shape index (κ3) is 2.12. The molecule has 3 nitrogen and oxygen atoms in total. The first-order valence-corrected chi connectivity index (χ1v) is 4.45. The summed E-state index contributed by atoms with van der Waals surface area (Å²) in [5.74, 6) is 1.47. The summed E-state index contributed by atoms with van der Waals surface area (Å²) in [5, 5.41) is 0. The number of rotatable bonds is 2. The van der Waals surface area contributed by atoms with Gasteiger partial charge in [-0.2, -0.15) is 0 Å². The third-order valence-corrected chi connectivity index (χ3v) is 1.83. The normalized spacial score (nSPS) is 9.27. The Morgan fingerprint density at radius 1 is 1.07 bits per heavy atom. The molecule has 0 bridgehead atoms. The smallest absolute Gasteiger partial charge is 0.312 e. The van der Waals surface area contributed by atoms with Crippen LogP contribution in [0, 0.1) is 6.57 Å². The average Bonchev–Trinajstić information content (AvgIpc) is 2.31. The lowest BCUT2D eigenvalue weighted by Crippen LogP contribution is -1.84. The molecule has 1 aromatic heterocycles. The van der Waals surface area contributed by atoms with Crippen molar-refractivity contribution in [1.29, 1.82) is 0 Å². The Bertz CT molecular complexity index is 488. The zero-order valence-corrected chi connectivity index (χ0v) is 7.92. The molecule has 15 heavy (non-hydrogen) atoms. The van der Waals surface area contributed by atoms with E-state index in [1.54, 1.807) is 18.3 Å². The Labute approximate surface area is 87.8 Å². The van der Waals surface area contributed by atoms with Gasteiger partial charge in [0.05, 0.1) is 0 Å². The van der Waals surface area contributed by atoms with Gasteiger partial charge < -0.3 is 9.58 Å². The lowest BCUT2D eigenvalue weighted by molar-refractivity contribution is 0.483. The van der Waals surface area contributed by atoms with Gasteiger partial charge in [-0.1, -0.05) is 24.8 Å². The number of aromatic nitrogens is 1. The number of benzene rings is 1. The number of hydrogen-bond donors (Lipinski definition) is 0. The number of hydrogen-bond acceptors (Lipinski definition) is 2. The molecule has 0 fully saturated rings. The van der Waals surface area contributed by atoms with Gasteiger partial charge in [0.2, 0.25) is 0 Å². The first-order valence-electron chi connectivity index (χ1n) is 4.45. The first kappa shape index (κ1) is 9.22. The highest BCUT2D eigenvalue weighted by Gasteiger charge is 2.04. The minimum Gasteiger partial charge on any atom is -0.467 e. The topological polar surface area (TPSA) is 26.5 Å². The number of pyridine rings is 1. The van der Waals surface area contributed by atoms with E-state index < -0.39 is 0 Å². The fourth-order valence-electron chi connectivity index (χ4n) is 1.16. The molecular formula is C12H8N2O. The van der Waals surface area contributed by atoms with Crippen LogP contribution in [0.2, 0.25) is 0 Å². The number of para-hydroxylation sites is 1. The summed E-state index contributed by atoms with van der Waals surface area (Å²) in [4.78, 5) is 7.19. The Hall–Kier alpha value is -2.34. The van der Waals surface area contributed by atoms with Crippen molar-refractivity contribution in [3.05, 3.63) is 60.1 Å². The molecule has 2 rings (SSSR count). The Morgan fingerprint density at radius 2 is 1.87 bits per heavy atom. The van der Waals surface area contributed by atoms with E-state index in [1.165, 1.54) is 0 Å². The highest BCUT2D eigenvalue weighted by atomic mass is 16.5. The van der Waals surface area contributed by atoms with Crippen LogP contribution >= 0.6 is 0 Å². The monoisotopic (exact) mass is 196 g/mol. The quantitative estimate of drug-likeness (QED) is 0.688. The van der Waals surface area contributed by atoms with E-state index in [-0.39, 0.29) is 5.82 Å². The molecule has 0 saturated heterocycles. The van der Waals surface area contributed by atoms with Crippen LogP contribution in [0.4, 0.5) is 5.82 Å². The molecule has 72 valence electrons. The van der Waals surface area contributed by atoms with Gasteiger partial charge in [0.15, 0.2) is 5.75 Å². The Morgan fingerprint density at radius 3 is 2.60 bits per heavy atom. The van der Waals surface area contributed by atoms with E-state index in [1.807, 2.05) is 30.3 Å². The number of ether oxygens (including phenoxy) is 1. The molecule has 0 radical (unpaired) electrons. The molecule has 1 aromatic carbocycles. The van der Waals surface area contributed by atoms with Crippen LogP contribution in [0.1, 0.15) is 0 Å². The molecule has 0 saturated carbocycles. The van der Waals surface area contributed by atoms with E-state index in [4.69, 9.17) is 11.3 Å². The minimum atomic E-state index is 0.279. The molecule has 0 spiro atoms. The standard InChI is InChI=1S/C12H8N2O/c1-13-12-11(8-5-9-14-12)15-10-6-3-2-4-7-10/h2-9H. The summed E-state index contributed by atoms with van der Waals surface area (Å²) in [7, 11) is 0. The molecule has 0 unspecified atom stereocenters. The van der Waals surface area contributed by atoms with Gasteiger partial charge in [-0.3, -0.25) is 0 Å². The number of nitrogens with zero attached hydrogens (tertiary/aromatic N) is 2. The van der Waals surface area contributed by atoms with Crippen molar-refractivity contribution in [3.8, 4) is 11.5 Å². The molecule has 0 amide bonds. The summed E-state index contributed by atoms with van der Waals surface area (Å²) in [6.45, 7) is 6.93. The summed E-state index contributed by atoms with van der Waals surface area (Å²) < 4.78 is 5.52. The van der Waals surface area contributed by atoms with Crippen molar-refractivity contribution in [2.75, 3.05) is 0 Å². The van der Waals surface area contributed by atoms with Gasteiger partial charge in [0.1, 0.15) is 11.9 Å². The highest BCUT2D eigenvalue weighted by Crippen LogP contribution is 2.28. The van der Waals surface area contributed by atoms with E-state index in [0.717, 1.165) is 0 Å².